The van der Waals surface area contributed by atoms with Gasteiger partial charge in [-0.05, 0) is 12.1 Å². The maximum atomic E-state index is 12.2. The SMILES string of the molecule is CCN(CCOC)S(=O)(=O)c1ccc(C#N)s1. The fraction of sp³-hybridized carbons (Fsp3) is 0.500. The number of rotatable bonds is 6. The van der Waals surface area contributed by atoms with Crippen LogP contribution in [0.1, 0.15) is 11.8 Å². The van der Waals surface area contributed by atoms with E-state index in [2.05, 4.69) is 0 Å². The Balaban J connectivity index is 2.96. The average Bonchev–Trinajstić information content (AvgIpc) is 2.79. The molecule has 1 aromatic rings. The van der Waals surface area contributed by atoms with Crippen LogP contribution in [-0.4, -0.2) is 39.5 Å². The molecule has 0 radical (unpaired) electrons. The number of sulfonamides is 1. The van der Waals surface area contributed by atoms with E-state index >= 15 is 0 Å². The Kier molecular flexibility index (Phi) is 5.08. The summed E-state index contributed by atoms with van der Waals surface area (Å²) in [5.41, 5.74) is 0. The molecule has 94 valence electrons. The summed E-state index contributed by atoms with van der Waals surface area (Å²) >= 11 is 0.985. The van der Waals surface area contributed by atoms with Crippen LogP contribution in [0.3, 0.4) is 0 Å². The van der Waals surface area contributed by atoms with Gasteiger partial charge in [0.25, 0.3) is 10.0 Å². The predicted molar refractivity (Wildman–Crippen MR) is 65.3 cm³/mol. The van der Waals surface area contributed by atoms with Crippen LogP contribution >= 0.6 is 11.3 Å². The van der Waals surface area contributed by atoms with E-state index in [4.69, 9.17) is 10.00 Å². The van der Waals surface area contributed by atoms with Gasteiger partial charge in [0.05, 0.1) is 6.61 Å². The topological polar surface area (TPSA) is 70.4 Å². The molecular weight excluding hydrogens is 260 g/mol. The summed E-state index contributed by atoms with van der Waals surface area (Å²) in [5, 5.41) is 8.69. The molecule has 1 aromatic heterocycles. The van der Waals surface area contributed by atoms with Gasteiger partial charge in [0.15, 0.2) is 0 Å². The molecule has 7 heteroatoms. The maximum Gasteiger partial charge on any atom is 0.252 e. The molecule has 5 nitrogen and oxygen atoms in total. The molecule has 0 aliphatic carbocycles. The first-order valence-electron chi connectivity index (χ1n) is 5.05. The van der Waals surface area contributed by atoms with Crippen molar-refractivity contribution in [1.82, 2.24) is 4.31 Å². The molecule has 0 bridgehead atoms. The molecular formula is C10H14N2O3S2. The largest absolute Gasteiger partial charge is 0.383 e. The van der Waals surface area contributed by atoms with Crippen LogP contribution in [0.2, 0.25) is 0 Å². The summed E-state index contributed by atoms with van der Waals surface area (Å²) in [5.74, 6) is 0. The van der Waals surface area contributed by atoms with Crippen LogP contribution in [0.25, 0.3) is 0 Å². The molecule has 0 unspecified atom stereocenters. The van der Waals surface area contributed by atoms with Crippen LogP contribution < -0.4 is 0 Å². The summed E-state index contributed by atoms with van der Waals surface area (Å²) in [6.45, 7) is 2.82. The Morgan fingerprint density at radius 2 is 2.24 bits per heavy atom. The highest BCUT2D eigenvalue weighted by molar-refractivity contribution is 7.91. The third kappa shape index (κ3) is 3.26. The van der Waals surface area contributed by atoms with Gasteiger partial charge in [-0.25, -0.2) is 8.42 Å². The lowest BCUT2D eigenvalue weighted by Crippen LogP contribution is -2.33. The van der Waals surface area contributed by atoms with Gasteiger partial charge in [-0.15, -0.1) is 11.3 Å². The van der Waals surface area contributed by atoms with Gasteiger partial charge in [0.2, 0.25) is 0 Å². The Hall–Kier alpha value is -0.940. The molecule has 0 aliphatic heterocycles. The number of nitriles is 1. The van der Waals surface area contributed by atoms with Crippen molar-refractivity contribution in [2.45, 2.75) is 11.1 Å². The second-order valence-electron chi connectivity index (χ2n) is 3.22. The predicted octanol–water partition coefficient (Wildman–Crippen LogP) is 1.28. The first-order chi connectivity index (χ1) is 8.06. The van der Waals surface area contributed by atoms with Crippen molar-refractivity contribution in [2.75, 3.05) is 26.8 Å². The lowest BCUT2D eigenvalue weighted by atomic mass is 10.5. The van der Waals surface area contributed by atoms with E-state index in [-0.39, 0.29) is 4.21 Å². The first-order valence-corrected chi connectivity index (χ1v) is 7.31. The first kappa shape index (κ1) is 14.1. The minimum atomic E-state index is -3.49. The molecule has 0 atom stereocenters. The molecule has 0 aromatic carbocycles. The molecule has 0 spiro atoms. The molecule has 0 N–H and O–H groups in total. The Morgan fingerprint density at radius 3 is 2.71 bits per heavy atom. The van der Waals surface area contributed by atoms with Crippen LogP contribution in [0, 0.1) is 11.3 Å². The zero-order chi connectivity index (χ0) is 12.9. The number of hydrogen-bond acceptors (Lipinski definition) is 5. The standard InChI is InChI=1S/C10H14N2O3S2/c1-3-12(6-7-15-2)17(13,14)10-5-4-9(8-11)16-10/h4-5H,3,6-7H2,1-2H3. The normalized spacial score (nSPS) is 11.6. The highest BCUT2D eigenvalue weighted by Crippen LogP contribution is 2.24. The molecule has 0 fully saturated rings. The van der Waals surface area contributed by atoms with E-state index < -0.39 is 10.0 Å². The Bertz CT molecular complexity index is 502. The minimum Gasteiger partial charge on any atom is -0.383 e. The van der Waals surface area contributed by atoms with E-state index in [1.54, 1.807) is 6.92 Å². The van der Waals surface area contributed by atoms with Crippen LogP contribution in [0.5, 0.6) is 0 Å². The van der Waals surface area contributed by atoms with E-state index in [0.29, 0.717) is 24.6 Å². The zero-order valence-electron chi connectivity index (χ0n) is 9.71. The second-order valence-corrected chi connectivity index (χ2v) is 6.47. The summed E-state index contributed by atoms with van der Waals surface area (Å²) in [6.07, 6.45) is 0. The molecule has 0 amide bonds. The zero-order valence-corrected chi connectivity index (χ0v) is 11.3. The number of thiophene rings is 1. The van der Waals surface area contributed by atoms with Crippen molar-refractivity contribution >= 4 is 21.4 Å². The van der Waals surface area contributed by atoms with E-state index in [1.807, 2.05) is 6.07 Å². The summed E-state index contributed by atoms with van der Waals surface area (Å²) < 4.78 is 30.8. The van der Waals surface area contributed by atoms with Crippen LogP contribution in [0.15, 0.2) is 16.3 Å². The Morgan fingerprint density at radius 1 is 1.53 bits per heavy atom. The van der Waals surface area contributed by atoms with Crippen molar-refractivity contribution in [3.05, 3.63) is 17.0 Å². The highest BCUT2D eigenvalue weighted by Gasteiger charge is 2.24. The number of methoxy groups -OCH3 is 1. The lowest BCUT2D eigenvalue weighted by molar-refractivity contribution is 0.180. The molecule has 17 heavy (non-hydrogen) atoms. The van der Waals surface area contributed by atoms with Gasteiger partial charge < -0.3 is 4.74 Å². The second kappa shape index (κ2) is 6.12. The molecule has 0 aliphatic rings. The van der Waals surface area contributed by atoms with Gasteiger partial charge in [0, 0.05) is 20.2 Å². The minimum absolute atomic E-state index is 0.201. The summed E-state index contributed by atoms with van der Waals surface area (Å²) in [4.78, 5) is 0.395. The summed E-state index contributed by atoms with van der Waals surface area (Å²) in [7, 11) is -1.96. The monoisotopic (exact) mass is 274 g/mol. The number of nitrogens with zero attached hydrogens (tertiary/aromatic N) is 2. The average molecular weight is 274 g/mol. The molecule has 1 rings (SSSR count). The molecule has 0 saturated heterocycles. The number of hydrogen-bond donors (Lipinski definition) is 0. The quantitative estimate of drug-likeness (QED) is 0.783. The van der Waals surface area contributed by atoms with E-state index in [0.717, 1.165) is 11.3 Å². The van der Waals surface area contributed by atoms with E-state index in [1.165, 1.54) is 23.5 Å². The van der Waals surface area contributed by atoms with Crippen LogP contribution in [0.4, 0.5) is 0 Å². The molecule has 0 saturated carbocycles. The van der Waals surface area contributed by atoms with Crippen molar-refractivity contribution in [3.63, 3.8) is 0 Å². The van der Waals surface area contributed by atoms with Crippen molar-refractivity contribution in [1.29, 1.82) is 5.26 Å². The highest BCUT2D eigenvalue weighted by atomic mass is 32.2. The number of likely N-dealkylation sites (N-methyl/N-ethyl adjacent to an activating group) is 1. The van der Waals surface area contributed by atoms with Crippen molar-refractivity contribution in [3.8, 4) is 6.07 Å². The summed E-state index contributed by atoms with van der Waals surface area (Å²) in [6, 6.07) is 4.91. The van der Waals surface area contributed by atoms with Gasteiger partial charge in [-0.1, -0.05) is 6.92 Å². The van der Waals surface area contributed by atoms with E-state index in [9.17, 15) is 8.42 Å². The van der Waals surface area contributed by atoms with Gasteiger partial charge in [-0.2, -0.15) is 9.57 Å². The molecule has 1 heterocycles. The third-order valence-corrected chi connectivity index (χ3v) is 5.61. The fourth-order valence-corrected chi connectivity index (χ4v) is 3.98. The van der Waals surface area contributed by atoms with Gasteiger partial charge >= 0.3 is 0 Å². The van der Waals surface area contributed by atoms with Crippen LogP contribution in [-0.2, 0) is 14.8 Å². The smallest absolute Gasteiger partial charge is 0.252 e. The third-order valence-electron chi connectivity index (χ3n) is 2.18. The van der Waals surface area contributed by atoms with Gasteiger partial charge in [-0.3, -0.25) is 0 Å². The van der Waals surface area contributed by atoms with Crippen molar-refractivity contribution in [2.24, 2.45) is 0 Å². The maximum absolute atomic E-state index is 12.2. The Labute approximate surface area is 105 Å². The fourth-order valence-electron chi connectivity index (χ4n) is 1.29. The van der Waals surface area contributed by atoms with Crippen molar-refractivity contribution < 1.29 is 13.2 Å². The lowest BCUT2D eigenvalue weighted by Gasteiger charge is -2.18. The van der Waals surface area contributed by atoms with Gasteiger partial charge in [0.1, 0.15) is 15.2 Å². The number of ether oxygens (including phenoxy) is 1.